The lowest BCUT2D eigenvalue weighted by molar-refractivity contribution is -0.142. The second-order valence-electron chi connectivity index (χ2n) is 8.06. The van der Waals surface area contributed by atoms with Crippen LogP contribution < -0.4 is 10.1 Å². The summed E-state index contributed by atoms with van der Waals surface area (Å²) in [6.07, 6.45) is 1.85. The van der Waals surface area contributed by atoms with Crippen LogP contribution in [0.2, 0.25) is 10.0 Å². The maximum absolute atomic E-state index is 13.2. The molecule has 32 heavy (non-hydrogen) atoms. The van der Waals surface area contributed by atoms with E-state index in [1.807, 2.05) is 24.3 Å². The van der Waals surface area contributed by atoms with Gasteiger partial charge in [0.1, 0.15) is 11.8 Å². The van der Waals surface area contributed by atoms with E-state index in [1.54, 1.807) is 25.1 Å². The molecule has 1 atom stereocenters. The molecule has 174 valence electrons. The molecule has 2 amide bonds. The number of benzene rings is 2. The van der Waals surface area contributed by atoms with E-state index >= 15 is 0 Å². The summed E-state index contributed by atoms with van der Waals surface area (Å²) in [5.41, 5.74) is 1.73. The normalized spacial score (nSPS) is 11.8. The van der Waals surface area contributed by atoms with E-state index in [0.29, 0.717) is 27.9 Å². The summed E-state index contributed by atoms with van der Waals surface area (Å²) in [4.78, 5) is 27.4. The van der Waals surface area contributed by atoms with E-state index in [4.69, 9.17) is 27.9 Å². The quantitative estimate of drug-likeness (QED) is 0.413. The number of rotatable bonds is 11. The molecule has 0 bridgehead atoms. The van der Waals surface area contributed by atoms with Gasteiger partial charge in [-0.05, 0) is 48.6 Å². The van der Waals surface area contributed by atoms with Crippen LogP contribution in [-0.2, 0) is 16.1 Å². The van der Waals surface area contributed by atoms with E-state index in [0.717, 1.165) is 18.4 Å². The second-order valence-corrected chi connectivity index (χ2v) is 8.90. The van der Waals surface area contributed by atoms with Crippen LogP contribution in [0.3, 0.4) is 0 Å². The fraction of sp³-hybridized carbons (Fsp3) is 0.440. The fourth-order valence-electron chi connectivity index (χ4n) is 3.26. The molecule has 1 N–H and O–H groups in total. The average Bonchev–Trinajstić information content (AvgIpc) is 2.76. The SMILES string of the molecule is CCCCNC(=O)[C@@H](C)N(Cc1ccc(Cl)cc1Cl)C(=O)COc1ccccc1C(C)C. The number of nitrogens with one attached hydrogen (secondary N) is 1. The Morgan fingerprint density at radius 1 is 1.09 bits per heavy atom. The molecule has 0 saturated carbocycles. The van der Waals surface area contributed by atoms with Crippen LogP contribution in [0.1, 0.15) is 57.6 Å². The number of para-hydroxylation sites is 1. The summed E-state index contributed by atoms with van der Waals surface area (Å²) in [6, 6.07) is 12.1. The lowest BCUT2D eigenvalue weighted by atomic mass is 10.0. The van der Waals surface area contributed by atoms with Crippen LogP contribution in [0, 0.1) is 0 Å². The number of amides is 2. The number of nitrogens with zero attached hydrogens (tertiary/aromatic N) is 1. The molecule has 5 nitrogen and oxygen atoms in total. The van der Waals surface area contributed by atoms with Crippen LogP contribution >= 0.6 is 23.2 Å². The minimum absolute atomic E-state index is 0.173. The molecule has 7 heteroatoms. The molecule has 0 radical (unpaired) electrons. The molecule has 0 spiro atoms. The van der Waals surface area contributed by atoms with Crippen molar-refractivity contribution in [2.24, 2.45) is 0 Å². The summed E-state index contributed by atoms with van der Waals surface area (Å²) in [5, 5.41) is 3.85. The van der Waals surface area contributed by atoms with Crippen molar-refractivity contribution >= 4 is 35.0 Å². The zero-order chi connectivity index (χ0) is 23.7. The Bertz CT molecular complexity index is 918. The molecular formula is C25H32Cl2N2O3. The Balaban J connectivity index is 2.20. The molecule has 2 aromatic carbocycles. The van der Waals surface area contributed by atoms with E-state index in [-0.39, 0.29) is 30.9 Å². The standard InChI is InChI=1S/C25H32Cl2N2O3/c1-5-6-13-28-25(31)18(4)29(15-19-11-12-20(26)14-22(19)27)24(30)16-32-23-10-8-7-9-21(23)17(2)3/h7-12,14,17-18H,5-6,13,15-16H2,1-4H3,(H,28,31)/t18-/m1/s1. The molecule has 0 heterocycles. The van der Waals surface area contributed by atoms with Gasteiger partial charge in [-0.15, -0.1) is 0 Å². The zero-order valence-corrected chi connectivity index (χ0v) is 20.7. The Kier molecular flexibility index (Phi) is 10.3. The maximum atomic E-state index is 13.2. The topological polar surface area (TPSA) is 58.6 Å². The lowest BCUT2D eigenvalue weighted by Crippen LogP contribution is -2.49. The molecule has 0 fully saturated rings. The van der Waals surface area contributed by atoms with Crippen molar-refractivity contribution in [1.82, 2.24) is 10.2 Å². The molecule has 0 aliphatic rings. The first-order valence-corrected chi connectivity index (χ1v) is 11.7. The van der Waals surface area contributed by atoms with Crippen LogP contribution in [-0.4, -0.2) is 35.9 Å². The van der Waals surface area contributed by atoms with Gasteiger partial charge in [0.2, 0.25) is 5.91 Å². The van der Waals surface area contributed by atoms with Gasteiger partial charge in [0.15, 0.2) is 6.61 Å². The van der Waals surface area contributed by atoms with Gasteiger partial charge in [0.05, 0.1) is 0 Å². The Hall–Kier alpha value is -2.24. The van der Waals surface area contributed by atoms with E-state index in [1.165, 1.54) is 4.90 Å². The van der Waals surface area contributed by atoms with Crippen molar-refractivity contribution in [3.8, 4) is 5.75 Å². The summed E-state index contributed by atoms with van der Waals surface area (Å²) >= 11 is 12.3. The van der Waals surface area contributed by atoms with E-state index < -0.39 is 6.04 Å². The molecule has 0 saturated heterocycles. The fourth-order valence-corrected chi connectivity index (χ4v) is 3.73. The van der Waals surface area contributed by atoms with Gasteiger partial charge in [-0.1, -0.05) is 74.7 Å². The minimum atomic E-state index is -0.685. The summed E-state index contributed by atoms with van der Waals surface area (Å²) in [5.74, 6) is 0.418. The monoisotopic (exact) mass is 478 g/mol. The van der Waals surface area contributed by atoms with Crippen molar-refractivity contribution in [1.29, 1.82) is 0 Å². The molecule has 2 rings (SSSR count). The number of halogens is 2. The summed E-state index contributed by atoms with van der Waals surface area (Å²) in [7, 11) is 0. The predicted molar refractivity (Wildman–Crippen MR) is 130 cm³/mol. The van der Waals surface area contributed by atoms with E-state index in [9.17, 15) is 9.59 Å². The Morgan fingerprint density at radius 3 is 2.47 bits per heavy atom. The molecule has 0 aromatic heterocycles. The van der Waals surface area contributed by atoms with Crippen molar-refractivity contribution in [3.05, 3.63) is 63.6 Å². The molecule has 0 aliphatic carbocycles. The number of carbonyl (C=O) groups excluding carboxylic acids is 2. The Morgan fingerprint density at radius 2 is 1.81 bits per heavy atom. The van der Waals surface area contributed by atoms with Gasteiger partial charge in [-0.3, -0.25) is 9.59 Å². The first-order chi connectivity index (χ1) is 15.2. The number of carbonyl (C=O) groups is 2. The molecule has 2 aromatic rings. The van der Waals surface area contributed by atoms with Gasteiger partial charge >= 0.3 is 0 Å². The van der Waals surface area contributed by atoms with Gasteiger partial charge in [-0.2, -0.15) is 0 Å². The lowest BCUT2D eigenvalue weighted by Gasteiger charge is -2.29. The van der Waals surface area contributed by atoms with Crippen molar-refractivity contribution in [2.75, 3.05) is 13.2 Å². The smallest absolute Gasteiger partial charge is 0.261 e. The van der Waals surface area contributed by atoms with E-state index in [2.05, 4.69) is 26.1 Å². The average molecular weight is 479 g/mol. The van der Waals surface area contributed by atoms with Gasteiger partial charge in [0.25, 0.3) is 5.91 Å². The predicted octanol–water partition coefficient (Wildman–Crippen LogP) is 5.83. The van der Waals surface area contributed by atoms with Crippen LogP contribution in [0.15, 0.2) is 42.5 Å². The molecule has 0 unspecified atom stereocenters. The zero-order valence-electron chi connectivity index (χ0n) is 19.2. The third kappa shape index (κ3) is 7.42. The van der Waals surface area contributed by atoms with Gasteiger partial charge in [-0.25, -0.2) is 0 Å². The van der Waals surface area contributed by atoms with Crippen molar-refractivity contribution in [2.45, 2.75) is 59.0 Å². The first-order valence-electron chi connectivity index (χ1n) is 11.0. The largest absolute Gasteiger partial charge is 0.483 e. The number of unbranched alkanes of at least 4 members (excludes halogenated alkanes) is 1. The van der Waals surface area contributed by atoms with Gasteiger partial charge < -0.3 is 15.0 Å². The highest BCUT2D eigenvalue weighted by molar-refractivity contribution is 6.35. The van der Waals surface area contributed by atoms with Crippen LogP contribution in [0.4, 0.5) is 0 Å². The van der Waals surface area contributed by atoms with Crippen LogP contribution in [0.5, 0.6) is 5.75 Å². The highest BCUT2D eigenvalue weighted by Gasteiger charge is 2.27. The molecular weight excluding hydrogens is 447 g/mol. The number of ether oxygens (including phenoxy) is 1. The third-order valence-electron chi connectivity index (χ3n) is 5.24. The van der Waals surface area contributed by atoms with Crippen molar-refractivity contribution < 1.29 is 14.3 Å². The third-order valence-corrected chi connectivity index (χ3v) is 5.83. The summed E-state index contributed by atoms with van der Waals surface area (Å²) < 4.78 is 5.88. The minimum Gasteiger partial charge on any atom is -0.483 e. The van der Waals surface area contributed by atoms with Gasteiger partial charge in [0, 0.05) is 23.1 Å². The Labute approximate surface area is 201 Å². The highest BCUT2D eigenvalue weighted by Crippen LogP contribution is 2.26. The maximum Gasteiger partial charge on any atom is 0.261 e. The van der Waals surface area contributed by atoms with Crippen LogP contribution in [0.25, 0.3) is 0 Å². The highest BCUT2D eigenvalue weighted by atomic mass is 35.5. The first kappa shape index (κ1) is 26.0. The molecule has 0 aliphatic heterocycles. The van der Waals surface area contributed by atoms with Crippen molar-refractivity contribution in [3.63, 3.8) is 0 Å². The number of hydrogen-bond acceptors (Lipinski definition) is 3. The number of hydrogen-bond donors (Lipinski definition) is 1. The second kappa shape index (κ2) is 12.7. The summed E-state index contributed by atoms with van der Waals surface area (Å²) in [6.45, 7) is 8.48.